The molecule has 2 aliphatic heterocycles. The molecule has 0 spiro atoms. The number of carbonyl (C=O) groups excluding carboxylic acids is 3. The zero-order valence-electron chi connectivity index (χ0n) is 16.1. The fraction of sp³-hybridized carbons (Fsp3) is 0.143. The van der Waals surface area contributed by atoms with Gasteiger partial charge in [0.2, 0.25) is 5.91 Å². The number of allylic oxidation sites excluding steroid dienone is 1. The van der Waals surface area contributed by atoms with Crippen molar-refractivity contribution in [2.24, 2.45) is 0 Å². The average Bonchev–Trinajstić information content (AvgIpc) is 2.98. The SMILES string of the molecule is C=C1CCC(N2C(=O)c3ccc(NS(=O)(=O)c4ccc(C#N)cc4)cc3C2=O)C(=O)N1. The molecule has 0 aromatic heterocycles. The first-order valence-electron chi connectivity index (χ1n) is 9.25. The van der Waals surface area contributed by atoms with Crippen LogP contribution < -0.4 is 10.0 Å². The van der Waals surface area contributed by atoms with Gasteiger partial charge in [-0.1, -0.05) is 6.58 Å². The van der Waals surface area contributed by atoms with Gasteiger partial charge in [0.25, 0.3) is 21.8 Å². The van der Waals surface area contributed by atoms with Crippen LogP contribution >= 0.6 is 0 Å². The van der Waals surface area contributed by atoms with E-state index >= 15 is 0 Å². The number of nitrogens with zero attached hydrogens (tertiary/aromatic N) is 2. The summed E-state index contributed by atoms with van der Waals surface area (Å²) in [5.41, 5.74) is 1.05. The highest BCUT2D eigenvalue weighted by molar-refractivity contribution is 7.92. The summed E-state index contributed by atoms with van der Waals surface area (Å²) in [6, 6.07) is 10.3. The molecule has 0 bridgehead atoms. The molecular formula is C21H16N4O5S. The number of nitriles is 1. The third-order valence-corrected chi connectivity index (χ3v) is 6.49. The molecule has 0 radical (unpaired) electrons. The summed E-state index contributed by atoms with van der Waals surface area (Å²) in [6.45, 7) is 3.68. The van der Waals surface area contributed by atoms with Gasteiger partial charge < -0.3 is 5.32 Å². The van der Waals surface area contributed by atoms with Crippen molar-refractivity contribution in [2.75, 3.05) is 4.72 Å². The molecule has 1 atom stereocenters. The highest BCUT2D eigenvalue weighted by Crippen LogP contribution is 2.30. The van der Waals surface area contributed by atoms with E-state index in [0.717, 1.165) is 4.90 Å². The van der Waals surface area contributed by atoms with Gasteiger partial charge in [-0.25, -0.2) is 8.42 Å². The number of imide groups is 1. The lowest BCUT2D eigenvalue weighted by Gasteiger charge is -2.29. The first kappa shape index (κ1) is 20.3. The number of hydrogen-bond donors (Lipinski definition) is 2. The monoisotopic (exact) mass is 436 g/mol. The van der Waals surface area contributed by atoms with Crippen LogP contribution in [0, 0.1) is 11.3 Å². The number of hydrogen-bond acceptors (Lipinski definition) is 6. The molecule has 0 aliphatic carbocycles. The number of anilines is 1. The average molecular weight is 436 g/mol. The van der Waals surface area contributed by atoms with E-state index in [1.54, 1.807) is 0 Å². The normalized spacial score (nSPS) is 18.4. The predicted molar refractivity (Wildman–Crippen MR) is 109 cm³/mol. The molecule has 2 N–H and O–H groups in total. The Labute approximate surface area is 178 Å². The summed E-state index contributed by atoms with van der Waals surface area (Å²) in [5, 5.41) is 11.4. The van der Waals surface area contributed by atoms with Crippen molar-refractivity contribution in [3.8, 4) is 6.07 Å². The minimum absolute atomic E-state index is 0.0160. The molecule has 3 amide bonds. The van der Waals surface area contributed by atoms with Crippen LogP contribution in [0.4, 0.5) is 5.69 Å². The van der Waals surface area contributed by atoms with E-state index in [1.807, 2.05) is 6.07 Å². The molecule has 10 heteroatoms. The van der Waals surface area contributed by atoms with Gasteiger partial charge in [0.1, 0.15) is 6.04 Å². The van der Waals surface area contributed by atoms with Crippen LogP contribution in [-0.4, -0.2) is 37.1 Å². The molecule has 4 rings (SSSR count). The van der Waals surface area contributed by atoms with Crippen molar-refractivity contribution in [3.63, 3.8) is 0 Å². The van der Waals surface area contributed by atoms with Crippen LogP contribution in [0.15, 0.2) is 59.6 Å². The Morgan fingerprint density at radius 2 is 1.74 bits per heavy atom. The zero-order valence-corrected chi connectivity index (χ0v) is 16.9. The maximum Gasteiger partial charge on any atom is 0.262 e. The van der Waals surface area contributed by atoms with Crippen LogP contribution in [0.5, 0.6) is 0 Å². The van der Waals surface area contributed by atoms with Crippen molar-refractivity contribution in [1.29, 1.82) is 5.26 Å². The Balaban J connectivity index is 1.60. The van der Waals surface area contributed by atoms with E-state index in [-0.39, 0.29) is 28.1 Å². The van der Waals surface area contributed by atoms with E-state index in [4.69, 9.17) is 5.26 Å². The lowest BCUT2D eigenvalue weighted by molar-refractivity contribution is -0.125. The highest BCUT2D eigenvalue weighted by atomic mass is 32.2. The van der Waals surface area contributed by atoms with E-state index < -0.39 is 33.8 Å². The fourth-order valence-electron chi connectivity index (χ4n) is 3.54. The van der Waals surface area contributed by atoms with Gasteiger partial charge in [0, 0.05) is 11.4 Å². The summed E-state index contributed by atoms with van der Waals surface area (Å²) in [6.07, 6.45) is 0.716. The molecule has 0 saturated carbocycles. The van der Waals surface area contributed by atoms with E-state index in [9.17, 15) is 22.8 Å². The molecule has 156 valence electrons. The third kappa shape index (κ3) is 3.55. The maximum absolute atomic E-state index is 12.9. The first-order valence-corrected chi connectivity index (χ1v) is 10.7. The summed E-state index contributed by atoms with van der Waals surface area (Å²) in [7, 11) is -3.98. The van der Waals surface area contributed by atoms with Crippen molar-refractivity contribution >= 4 is 33.4 Å². The largest absolute Gasteiger partial charge is 0.329 e. The van der Waals surface area contributed by atoms with Crippen LogP contribution in [0.3, 0.4) is 0 Å². The Morgan fingerprint density at radius 3 is 2.39 bits per heavy atom. The molecular weight excluding hydrogens is 420 g/mol. The maximum atomic E-state index is 12.9. The van der Waals surface area contributed by atoms with Gasteiger partial charge in [-0.3, -0.25) is 24.0 Å². The van der Waals surface area contributed by atoms with Gasteiger partial charge in [-0.2, -0.15) is 5.26 Å². The van der Waals surface area contributed by atoms with Crippen LogP contribution in [0.25, 0.3) is 0 Å². The quantitative estimate of drug-likeness (QED) is 0.701. The summed E-state index contributed by atoms with van der Waals surface area (Å²) in [5.74, 6) is -1.74. The fourth-order valence-corrected chi connectivity index (χ4v) is 4.59. The summed E-state index contributed by atoms with van der Waals surface area (Å²) in [4.78, 5) is 38.7. The molecule has 2 heterocycles. The minimum atomic E-state index is -3.98. The molecule has 2 aliphatic rings. The standard InChI is InChI=1S/C21H16N4O5S/c1-12-2-9-18(19(26)23-12)25-20(27)16-8-5-14(10-17(16)21(25)28)24-31(29,30)15-6-3-13(11-22)4-7-15/h3-8,10,18,24H,1-2,9H2,(H,23,26). The van der Waals surface area contributed by atoms with Gasteiger partial charge in [0.05, 0.1) is 27.7 Å². The van der Waals surface area contributed by atoms with Crippen molar-refractivity contribution in [2.45, 2.75) is 23.8 Å². The molecule has 2 aromatic carbocycles. The number of nitrogens with one attached hydrogen (secondary N) is 2. The van der Waals surface area contributed by atoms with Crippen molar-refractivity contribution in [1.82, 2.24) is 10.2 Å². The van der Waals surface area contributed by atoms with E-state index in [0.29, 0.717) is 17.7 Å². The first-order chi connectivity index (χ1) is 14.7. The Kier molecular flexibility index (Phi) is 4.83. The van der Waals surface area contributed by atoms with Crippen LogP contribution in [0.1, 0.15) is 39.1 Å². The molecule has 31 heavy (non-hydrogen) atoms. The van der Waals surface area contributed by atoms with Crippen molar-refractivity contribution in [3.05, 3.63) is 71.4 Å². The minimum Gasteiger partial charge on any atom is -0.329 e. The van der Waals surface area contributed by atoms with E-state index in [1.165, 1.54) is 42.5 Å². The summed E-state index contributed by atoms with van der Waals surface area (Å²) < 4.78 is 27.6. The van der Waals surface area contributed by atoms with Gasteiger partial charge in [-0.15, -0.1) is 0 Å². The number of amides is 3. The molecule has 2 aromatic rings. The second-order valence-corrected chi connectivity index (χ2v) is 8.81. The highest BCUT2D eigenvalue weighted by Gasteiger charge is 2.44. The van der Waals surface area contributed by atoms with Crippen molar-refractivity contribution < 1.29 is 22.8 Å². The number of fused-ring (bicyclic) bond motifs is 1. The van der Waals surface area contributed by atoms with Gasteiger partial charge >= 0.3 is 0 Å². The van der Waals surface area contributed by atoms with Gasteiger partial charge in [-0.05, 0) is 55.3 Å². The van der Waals surface area contributed by atoms with E-state index in [2.05, 4.69) is 16.6 Å². The predicted octanol–water partition coefficient (Wildman–Crippen LogP) is 1.75. The lowest BCUT2D eigenvalue weighted by atomic mass is 10.0. The number of piperidine rings is 1. The molecule has 1 saturated heterocycles. The zero-order chi connectivity index (χ0) is 22.3. The third-order valence-electron chi connectivity index (χ3n) is 5.10. The smallest absolute Gasteiger partial charge is 0.262 e. The summed E-state index contributed by atoms with van der Waals surface area (Å²) >= 11 is 0. The second kappa shape index (κ2) is 7.37. The molecule has 1 unspecified atom stereocenters. The Hall–Kier alpha value is -3.97. The molecule has 1 fully saturated rings. The Morgan fingerprint density at radius 1 is 1.06 bits per heavy atom. The Bertz CT molecular complexity index is 1290. The second-order valence-electron chi connectivity index (χ2n) is 7.13. The van der Waals surface area contributed by atoms with Crippen LogP contribution in [0.2, 0.25) is 0 Å². The lowest BCUT2D eigenvalue weighted by Crippen LogP contribution is -2.51. The number of benzene rings is 2. The van der Waals surface area contributed by atoms with Gasteiger partial charge in [0.15, 0.2) is 0 Å². The van der Waals surface area contributed by atoms with Crippen LogP contribution in [-0.2, 0) is 14.8 Å². The number of carbonyl (C=O) groups is 3. The molecule has 9 nitrogen and oxygen atoms in total. The number of rotatable bonds is 4. The topological polar surface area (TPSA) is 136 Å². The number of sulfonamides is 1.